The highest BCUT2D eigenvalue weighted by Gasteiger charge is 2.24. The summed E-state index contributed by atoms with van der Waals surface area (Å²) in [7, 11) is 0. The summed E-state index contributed by atoms with van der Waals surface area (Å²) in [4.78, 5) is 4.70. The van der Waals surface area contributed by atoms with Crippen molar-refractivity contribution in [2.24, 2.45) is 16.8 Å². The average molecular weight is 297 g/mol. The molecule has 0 spiro atoms. The van der Waals surface area contributed by atoms with Crippen molar-refractivity contribution in [3.8, 4) is 0 Å². The zero-order valence-electron chi connectivity index (χ0n) is 13.8. The predicted octanol–water partition coefficient (Wildman–Crippen LogP) is 4.95. The highest BCUT2D eigenvalue weighted by molar-refractivity contribution is 5.95. The fraction of sp³-hybridized carbons (Fsp3) is 0.550. The molecule has 1 heterocycles. The van der Waals surface area contributed by atoms with Gasteiger partial charge >= 0.3 is 0 Å². The third-order valence-corrected chi connectivity index (χ3v) is 5.18. The standard InChI is InChI=1S/C20H27NO/c1-4-15-5-7-16(8-6-15)17-9-11-18(12-10-17)20-21-19(13-22-20)14(2)3/h4,9-12,14-16,19H,1,5-8,13H2,2-3H3. The van der Waals surface area contributed by atoms with Gasteiger partial charge in [0.15, 0.2) is 0 Å². The van der Waals surface area contributed by atoms with E-state index in [4.69, 9.17) is 9.73 Å². The molecule has 1 aliphatic carbocycles. The molecule has 3 rings (SSSR count). The second-order valence-corrected chi connectivity index (χ2v) is 7.03. The van der Waals surface area contributed by atoms with E-state index in [-0.39, 0.29) is 0 Å². The van der Waals surface area contributed by atoms with Gasteiger partial charge in [-0.3, -0.25) is 0 Å². The van der Waals surface area contributed by atoms with Gasteiger partial charge in [-0.1, -0.05) is 32.1 Å². The van der Waals surface area contributed by atoms with Gasteiger partial charge in [0.1, 0.15) is 6.61 Å². The summed E-state index contributed by atoms with van der Waals surface area (Å²) < 4.78 is 5.77. The minimum atomic E-state index is 0.309. The smallest absolute Gasteiger partial charge is 0.216 e. The number of aliphatic imine (C=N–C) groups is 1. The average Bonchev–Trinajstić information content (AvgIpc) is 3.05. The maximum Gasteiger partial charge on any atom is 0.216 e. The third-order valence-electron chi connectivity index (χ3n) is 5.18. The van der Waals surface area contributed by atoms with E-state index in [0.717, 1.165) is 24.0 Å². The topological polar surface area (TPSA) is 21.6 Å². The monoisotopic (exact) mass is 297 g/mol. The first-order valence-corrected chi connectivity index (χ1v) is 8.61. The van der Waals surface area contributed by atoms with E-state index in [1.54, 1.807) is 0 Å². The molecule has 0 amide bonds. The Morgan fingerprint density at radius 2 is 1.82 bits per heavy atom. The first kappa shape index (κ1) is 15.3. The summed E-state index contributed by atoms with van der Waals surface area (Å²) in [6, 6.07) is 9.20. The summed E-state index contributed by atoms with van der Waals surface area (Å²) in [5.41, 5.74) is 2.58. The van der Waals surface area contributed by atoms with E-state index >= 15 is 0 Å². The number of benzene rings is 1. The van der Waals surface area contributed by atoms with Crippen LogP contribution in [0.2, 0.25) is 0 Å². The van der Waals surface area contributed by atoms with Crippen LogP contribution in [0, 0.1) is 11.8 Å². The minimum Gasteiger partial charge on any atom is -0.475 e. The van der Waals surface area contributed by atoms with Crippen molar-refractivity contribution < 1.29 is 4.74 Å². The molecule has 22 heavy (non-hydrogen) atoms. The maximum atomic E-state index is 5.77. The molecule has 1 fully saturated rings. The molecule has 1 atom stereocenters. The van der Waals surface area contributed by atoms with Crippen LogP contribution in [-0.2, 0) is 4.74 Å². The summed E-state index contributed by atoms with van der Waals surface area (Å²) in [6.07, 6.45) is 7.25. The van der Waals surface area contributed by atoms with Crippen LogP contribution in [0.4, 0.5) is 0 Å². The lowest BCUT2D eigenvalue weighted by atomic mass is 9.79. The summed E-state index contributed by atoms with van der Waals surface area (Å²) >= 11 is 0. The summed E-state index contributed by atoms with van der Waals surface area (Å²) in [5.74, 6) is 2.79. The van der Waals surface area contributed by atoms with Crippen molar-refractivity contribution in [3.63, 3.8) is 0 Å². The summed E-state index contributed by atoms with van der Waals surface area (Å²) in [6.45, 7) is 9.05. The normalized spacial score (nSPS) is 28.3. The SMILES string of the molecule is C=CC1CCC(c2ccc(C3=NC(C(C)C)CO3)cc2)CC1. The number of ether oxygens (including phenoxy) is 1. The Hall–Kier alpha value is -1.57. The van der Waals surface area contributed by atoms with Crippen molar-refractivity contribution in [1.29, 1.82) is 0 Å². The molecule has 2 aliphatic rings. The van der Waals surface area contributed by atoms with Gasteiger partial charge in [0.25, 0.3) is 0 Å². The van der Waals surface area contributed by atoms with E-state index in [9.17, 15) is 0 Å². The quantitative estimate of drug-likeness (QED) is 0.721. The lowest BCUT2D eigenvalue weighted by molar-refractivity contribution is 0.292. The molecule has 0 aromatic heterocycles. The molecule has 1 aliphatic heterocycles. The van der Waals surface area contributed by atoms with Crippen LogP contribution in [0.25, 0.3) is 0 Å². The van der Waals surface area contributed by atoms with Crippen LogP contribution < -0.4 is 0 Å². The fourth-order valence-electron chi connectivity index (χ4n) is 3.47. The van der Waals surface area contributed by atoms with Gasteiger partial charge in [-0.2, -0.15) is 0 Å². The third kappa shape index (κ3) is 3.26. The second kappa shape index (κ2) is 6.68. The fourth-order valence-corrected chi connectivity index (χ4v) is 3.47. The van der Waals surface area contributed by atoms with Gasteiger partial charge in [-0.05, 0) is 61.1 Å². The molecule has 0 bridgehead atoms. The molecule has 2 nitrogen and oxygen atoms in total. The predicted molar refractivity (Wildman–Crippen MR) is 92.5 cm³/mol. The molecule has 1 saturated carbocycles. The van der Waals surface area contributed by atoms with E-state index in [0.29, 0.717) is 17.9 Å². The molecular weight excluding hydrogens is 270 g/mol. The first-order valence-electron chi connectivity index (χ1n) is 8.61. The number of hydrogen-bond donors (Lipinski definition) is 0. The van der Waals surface area contributed by atoms with Crippen LogP contribution in [0.1, 0.15) is 56.6 Å². The van der Waals surface area contributed by atoms with Gasteiger partial charge < -0.3 is 4.74 Å². The number of nitrogens with zero attached hydrogens (tertiary/aromatic N) is 1. The van der Waals surface area contributed by atoms with Crippen LogP contribution in [0.5, 0.6) is 0 Å². The second-order valence-electron chi connectivity index (χ2n) is 7.03. The number of rotatable bonds is 4. The van der Waals surface area contributed by atoms with Gasteiger partial charge in [-0.15, -0.1) is 6.58 Å². The van der Waals surface area contributed by atoms with E-state index in [2.05, 4.69) is 50.8 Å². The van der Waals surface area contributed by atoms with Crippen molar-refractivity contribution in [2.45, 2.75) is 51.5 Å². The van der Waals surface area contributed by atoms with Crippen LogP contribution >= 0.6 is 0 Å². The van der Waals surface area contributed by atoms with E-state index in [1.807, 2.05) is 0 Å². The Balaban J connectivity index is 1.66. The van der Waals surface area contributed by atoms with Crippen molar-refractivity contribution in [1.82, 2.24) is 0 Å². The van der Waals surface area contributed by atoms with Gasteiger partial charge in [0.2, 0.25) is 5.90 Å². The van der Waals surface area contributed by atoms with Crippen LogP contribution in [0.15, 0.2) is 41.9 Å². The minimum absolute atomic E-state index is 0.309. The zero-order chi connectivity index (χ0) is 15.5. The molecular formula is C20H27NO. The Morgan fingerprint density at radius 1 is 1.14 bits per heavy atom. The Bertz CT molecular complexity index is 535. The lowest BCUT2D eigenvalue weighted by Crippen LogP contribution is -2.13. The highest BCUT2D eigenvalue weighted by atomic mass is 16.5. The van der Waals surface area contributed by atoms with E-state index in [1.165, 1.54) is 31.2 Å². The van der Waals surface area contributed by atoms with Crippen molar-refractivity contribution >= 4 is 5.90 Å². The Kier molecular flexibility index (Phi) is 4.66. The number of hydrogen-bond acceptors (Lipinski definition) is 2. The molecule has 1 aromatic rings. The molecule has 0 N–H and O–H groups in total. The molecule has 0 saturated heterocycles. The number of allylic oxidation sites excluding steroid dienone is 1. The van der Waals surface area contributed by atoms with Gasteiger partial charge in [0.05, 0.1) is 6.04 Å². The first-order chi connectivity index (χ1) is 10.7. The van der Waals surface area contributed by atoms with Crippen LogP contribution in [0.3, 0.4) is 0 Å². The summed E-state index contributed by atoms with van der Waals surface area (Å²) in [5, 5.41) is 0. The zero-order valence-corrected chi connectivity index (χ0v) is 13.8. The van der Waals surface area contributed by atoms with Gasteiger partial charge in [0, 0.05) is 5.56 Å². The molecule has 118 valence electrons. The Labute approximate surface area is 134 Å². The van der Waals surface area contributed by atoms with Gasteiger partial charge in [-0.25, -0.2) is 4.99 Å². The Morgan fingerprint density at radius 3 is 2.36 bits per heavy atom. The molecule has 2 heteroatoms. The molecule has 1 unspecified atom stereocenters. The largest absolute Gasteiger partial charge is 0.475 e. The van der Waals surface area contributed by atoms with E-state index < -0.39 is 0 Å². The molecule has 1 aromatic carbocycles. The lowest BCUT2D eigenvalue weighted by Gasteiger charge is -2.27. The van der Waals surface area contributed by atoms with Crippen molar-refractivity contribution in [3.05, 3.63) is 48.0 Å². The van der Waals surface area contributed by atoms with Crippen molar-refractivity contribution in [2.75, 3.05) is 6.61 Å². The maximum absolute atomic E-state index is 5.77. The highest BCUT2D eigenvalue weighted by Crippen LogP contribution is 2.36. The van der Waals surface area contributed by atoms with Crippen LogP contribution in [-0.4, -0.2) is 18.5 Å². The molecule has 0 radical (unpaired) electrons.